The van der Waals surface area contributed by atoms with E-state index < -0.39 is 0 Å². The van der Waals surface area contributed by atoms with Crippen molar-refractivity contribution in [2.24, 2.45) is 0 Å². The molecule has 1 atom stereocenters. The molecule has 1 aromatic rings. The maximum atomic E-state index is 11.5. The monoisotopic (exact) mass is 218 g/mol. The topological polar surface area (TPSA) is 26.3 Å². The van der Waals surface area contributed by atoms with Crippen molar-refractivity contribution in [1.82, 2.24) is 0 Å². The maximum Gasteiger partial charge on any atom is 0.334 e. The predicted octanol–water partition coefficient (Wildman–Crippen LogP) is 3.22. The van der Waals surface area contributed by atoms with Gasteiger partial charge in [-0.1, -0.05) is 43.3 Å². The van der Waals surface area contributed by atoms with Crippen molar-refractivity contribution in [2.45, 2.75) is 26.7 Å². The number of ether oxygens (including phenoxy) is 1. The average molecular weight is 218 g/mol. The normalized spacial score (nSPS) is 11.9. The number of carbonyl (C=O) groups is 1. The zero-order valence-electron chi connectivity index (χ0n) is 10.1. The molecule has 1 rings (SSSR count). The lowest BCUT2D eigenvalue weighted by atomic mass is 9.93. The van der Waals surface area contributed by atoms with Crippen LogP contribution in [0.1, 0.15) is 30.9 Å². The van der Waals surface area contributed by atoms with E-state index >= 15 is 0 Å². The Morgan fingerprint density at radius 2 is 1.94 bits per heavy atom. The summed E-state index contributed by atoms with van der Waals surface area (Å²) in [6.45, 7) is 9.98. The van der Waals surface area contributed by atoms with Crippen LogP contribution < -0.4 is 0 Å². The summed E-state index contributed by atoms with van der Waals surface area (Å²) in [6, 6.07) is 8.10. The molecule has 0 N–H and O–H groups in total. The fourth-order valence-corrected chi connectivity index (χ4v) is 1.46. The summed E-state index contributed by atoms with van der Waals surface area (Å²) in [4.78, 5) is 11.5. The Bertz CT molecular complexity index is 376. The Morgan fingerprint density at radius 3 is 2.44 bits per heavy atom. The Labute approximate surface area is 96.9 Å². The third kappa shape index (κ3) is 2.96. The summed E-state index contributed by atoms with van der Waals surface area (Å²) >= 11 is 0. The van der Waals surface area contributed by atoms with E-state index in [9.17, 15) is 4.79 Å². The molecular weight excluding hydrogens is 200 g/mol. The molecule has 0 aromatic heterocycles. The molecule has 16 heavy (non-hydrogen) atoms. The van der Waals surface area contributed by atoms with E-state index in [0.717, 1.165) is 5.56 Å². The highest BCUT2D eigenvalue weighted by atomic mass is 16.5. The van der Waals surface area contributed by atoms with Crippen LogP contribution in [0.15, 0.2) is 36.4 Å². The second-order valence-corrected chi connectivity index (χ2v) is 3.88. The zero-order valence-corrected chi connectivity index (χ0v) is 10.1. The van der Waals surface area contributed by atoms with Crippen molar-refractivity contribution >= 4 is 5.97 Å². The van der Waals surface area contributed by atoms with E-state index in [0.29, 0.717) is 12.2 Å². The number of esters is 1. The van der Waals surface area contributed by atoms with Crippen molar-refractivity contribution in [3.8, 4) is 0 Å². The Morgan fingerprint density at radius 1 is 1.38 bits per heavy atom. The number of rotatable bonds is 4. The van der Waals surface area contributed by atoms with Crippen LogP contribution in [0.2, 0.25) is 0 Å². The number of hydrogen-bond acceptors (Lipinski definition) is 2. The van der Waals surface area contributed by atoms with Gasteiger partial charge in [0.2, 0.25) is 0 Å². The standard InChI is InChI=1S/C14H18O2/c1-5-16-14(15)12(4)11(3)13-8-6-10(2)7-9-13/h6-9,11H,4-5H2,1-3H3. The third-order valence-electron chi connectivity index (χ3n) is 2.64. The van der Waals surface area contributed by atoms with Gasteiger partial charge >= 0.3 is 5.97 Å². The van der Waals surface area contributed by atoms with Gasteiger partial charge < -0.3 is 4.74 Å². The van der Waals surface area contributed by atoms with Gasteiger partial charge in [-0.05, 0) is 19.4 Å². The van der Waals surface area contributed by atoms with Gasteiger partial charge in [-0.2, -0.15) is 0 Å². The fraction of sp³-hybridized carbons (Fsp3) is 0.357. The minimum atomic E-state index is -0.310. The molecule has 0 spiro atoms. The minimum Gasteiger partial charge on any atom is -0.463 e. The minimum absolute atomic E-state index is 0.000324. The van der Waals surface area contributed by atoms with Crippen molar-refractivity contribution in [3.63, 3.8) is 0 Å². The van der Waals surface area contributed by atoms with Crippen molar-refractivity contribution in [2.75, 3.05) is 6.61 Å². The molecule has 0 aliphatic rings. The fourth-order valence-electron chi connectivity index (χ4n) is 1.46. The lowest BCUT2D eigenvalue weighted by Gasteiger charge is -2.14. The molecule has 86 valence electrons. The van der Waals surface area contributed by atoms with Gasteiger partial charge in [-0.25, -0.2) is 4.79 Å². The van der Waals surface area contributed by atoms with E-state index in [1.807, 2.05) is 38.1 Å². The Hall–Kier alpha value is -1.57. The summed E-state index contributed by atoms with van der Waals surface area (Å²) in [5.74, 6) is -0.310. The van der Waals surface area contributed by atoms with E-state index in [1.165, 1.54) is 5.56 Å². The molecule has 0 amide bonds. The molecule has 2 nitrogen and oxygen atoms in total. The number of carbonyl (C=O) groups excluding carboxylic acids is 1. The van der Waals surface area contributed by atoms with Crippen LogP contribution >= 0.6 is 0 Å². The summed E-state index contributed by atoms with van der Waals surface area (Å²) in [6.07, 6.45) is 0. The van der Waals surface area contributed by atoms with Crippen molar-refractivity contribution < 1.29 is 9.53 Å². The quantitative estimate of drug-likeness (QED) is 0.573. The lowest BCUT2D eigenvalue weighted by molar-refractivity contribution is -0.138. The molecule has 0 heterocycles. The third-order valence-corrected chi connectivity index (χ3v) is 2.64. The van der Waals surface area contributed by atoms with Crippen LogP contribution in [0.25, 0.3) is 0 Å². The summed E-state index contributed by atoms with van der Waals surface area (Å²) < 4.78 is 4.93. The Kier molecular flexibility index (Phi) is 4.29. The molecular formula is C14H18O2. The van der Waals surface area contributed by atoms with E-state index in [1.54, 1.807) is 6.92 Å². The van der Waals surface area contributed by atoms with Gasteiger partial charge in [-0.3, -0.25) is 0 Å². The average Bonchev–Trinajstić information content (AvgIpc) is 2.28. The van der Waals surface area contributed by atoms with Gasteiger partial charge in [0.1, 0.15) is 0 Å². The number of aryl methyl sites for hydroxylation is 1. The van der Waals surface area contributed by atoms with E-state index in [4.69, 9.17) is 4.74 Å². The van der Waals surface area contributed by atoms with Gasteiger partial charge in [0.25, 0.3) is 0 Å². The van der Waals surface area contributed by atoms with Crippen LogP contribution in [-0.4, -0.2) is 12.6 Å². The second-order valence-electron chi connectivity index (χ2n) is 3.88. The molecule has 0 aliphatic heterocycles. The smallest absolute Gasteiger partial charge is 0.334 e. The van der Waals surface area contributed by atoms with Gasteiger partial charge in [0.05, 0.1) is 6.61 Å². The maximum absolute atomic E-state index is 11.5. The molecule has 0 bridgehead atoms. The largest absolute Gasteiger partial charge is 0.463 e. The summed E-state index contributed by atoms with van der Waals surface area (Å²) in [5.41, 5.74) is 2.80. The van der Waals surface area contributed by atoms with Gasteiger partial charge in [0, 0.05) is 11.5 Å². The SMILES string of the molecule is C=C(C(=O)OCC)C(C)c1ccc(C)cc1. The predicted molar refractivity (Wildman–Crippen MR) is 65.4 cm³/mol. The molecule has 0 saturated carbocycles. The highest BCUT2D eigenvalue weighted by Crippen LogP contribution is 2.23. The molecule has 2 heteroatoms. The number of hydrogen-bond donors (Lipinski definition) is 0. The lowest BCUT2D eigenvalue weighted by Crippen LogP contribution is -2.12. The zero-order chi connectivity index (χ0) is 12.1. The molecule has 0 saturated heterocycles. The van der Waals surface area contributed by atoms with Gasteiger partial charge in [0.15, 0.2) is 0 Å². The Balaban J connectivity index is 2.77. The highest BCUT2D eigenvalue weighted by Gasteiger charge is 2.17. The first-order valence-electron chi connectivity index (χ1n) is 5.48. The molecule has 1 unspecified atom stereocenters. The van der Waals surface area contributed by atoms with Crippen LogP contribution in [-0.2, 0) is 9.53 Å². The molecule has 0 aliphatic carbocycles. The first-order valence-corrected chi connectivity index (χ1v) is 5.48. The summed E-state index contributed by atoms with van der Waals surface area (Å²) in [5, 5.41) is 0. The first kappa shape index (κ1) is 12.5. The van der Waals surface area contributed by atoms with Crippen LogP contribution in [0, 0.1) is 6.92 Å². The first-order chi connectivity index (χ1) is 7.56. The van der Waals surface area contributed by atoms with Crippen LogP contribution in [0.4, 0.5) is 0 Å². The van der Waals surface area contributed by atoms with E-state index in [-0.39, 0.29) is 11.9 Å². The van der Waals surface area contributed by atoms with Crippen molar-refractivity contribution in [1.29, 1.82) is 0 Å². The van der Waals surface area contributed by atoms with Crippen LogP contribution in [0.5, 0.6) is 0 Å². The summed E-state index contributed by atoms with van der Waals surface area (Å²) in [7, 11) is 0. The molecule has 1 aromatic carbocycles. The molecule has 0 radical (unpaired) electrons. The highest BCUT2D eigenvalue weighted by molar-refractivity contribution is 5.89. The molecule has 0 fully saturated rings. The van der Waals surface area contributed by atoms with E-state index in [2.05, 4.69) is 6.58 Å². The second kappa shape index (κ2) is 5.50. The van der Waals surface area contributed by atoms with Gasteiger partial charge in [-0.15, -0.1) is 0 Å². The van der Waals surface area contributed by atoms with Crippen LogP contribution in [0.3, 0.4) is 0 Å². The van der Waals surface area contributed by atoms with Crippen molar-refractivity contribution in [3.05, 3.63) is 47.5 Å². The number of benzene rings is 1.